The lowest BCUT2D eigenvalue weighted by Gasteiger charge is -2.24. The van der Waals surface area contributed by atoms with E-state index in [1.54, 1.807) is 0 Å². The van der Waals surface area contributed by atoms with Crippen LogP contribution in [0.4, 0.5) is 0 Å². The smallest absolute Gasteiger partial charge is 0.305 e. The van der Waals surface area contributed by atoms with Gasteiger partial charge < -0.3 is 15.7 Å². The summed E-state index contributed by atoms with van der Waals surface area (Å²) in [7, 11) is 0. The molecule has 0 aromatic rings. The number of aliphatic carboxylic acids is 1. The van der Waals surface area contributed by atoms with Gasteiger partial charge in [0.1, 0.15) is 6.04 Å². The molecule has 0 rings (SSSR count). The van der Waals surface area contributed by atoms with E-state index >= 15 is 0 Å². The predicted molar refractivity (Wildman–Crippen MR) is 71.5 cm³/mol. The molecule has 6 nitrogen and oxygen atoms in total. The first-order valence-electron chi connectivity index (χ1n) is 6.57. The van der Waals surface area contributed by atoms with E-state index in [1.807, 2.05) is 20.8 Å². The van der Waals surface area contributed by atoms with Crippen LogP contribution in [0.25, 0.3) is 0 Å². The van der Waals surface area contributed by atoms with Crippen molar-refractivity contribution in [3.05, 3.63) is 0 Å². The van der Waals surface area contributed by atoms with Gasteiger partial charge in [-0.15, -0.1) is 0 Å². The molecule has 2 atom stereocenters. The van der Waals surface area contributed by atoms with Crippen LogP contribution in [0.3, 0.4) is 0 Å². The lowest BCUT2D eigenvalue weighted by molar-refractivity contribution is -0.138. The summed E-state index contributed by atoms with van der Waals surface area (Å²) >= 11 is 0. The van der Waals surface area contributed by atoms with Crippen LogP contribution in [0.1, 0.15) is 47.0 Å². The summed E-state index contributed by atoms with van der Waals surface area (Å²) < 4.78 is 0. The Hall–Kier alpha value is -1.59. The summed E-state index contributed by atoms with van der Waals surface area (Å²) in [5.41, 5.74) is 0. The number of nitrogens with one attached hydrogen (secondary N) is 2. The van der Waals surface area contributed by atoms with Crippen molar-refractivity contribution >= 4 is 17.8 Å². The van der Waals surface area contributed by atoms with Crippen molar-refractivity contribution in [1.82, 2.24) is 10.6 Å². The van der Waals surface area contributed by atoms with E-state index in [4.69, 9.17) is 5.11 Å². The lowest BCUT2D eigenvalue weighted by atomic mass is 10.0. The van der Waals surface area contributed by atoms with Gasteiger partial charge in [-0.3, -0.25) is 14.4 Å². The Morgan fingerprint density at radius 1 is 1.16 bits per heavy atom. The van der Waals surface area contributed by atoms with E-state index in [1.165, 1.54) is 6.92 Å². The fourth-order valence-electron chi connectivity index (χ4n) is 1.83. The molecule has 0 saturated heterocycles. The van der Waals surface area contributed by atoms with Gasteiger partial charge in [-0.05, 0) is 12.3 Å². The first-order valence-corrected chi connectivity index (χ1v) is 6.57. The Bertz CT molecular complexity index is 329. The number of carboxylic acids is 1. The minimum Gasteiger partial charge on any atom is -0.481 e. The molecule has 0 aliphatic rings. The lowest BCUT2D eigenvalue weighted by Crippen LogP contribution is -2.52. The molecule has 6 heteroatoms. The fourth-order valence-corrected chi connectivity index (χ4v) is 1.83. The summed E-state index contributed by atoms with van der Waals surface area (Å²) in [4.78, 5) is 33.9. The predicted octanol–water partition coefficient (Wildman–Crippen LogP) is 0.907. The molecular weight excluding hydrogens is 248 g/mol. The van der Waals surface area contributed by atoms with Crippen LogP contribution >= 0.6 is 0 Å². The molecule has 2 amide bonds. The Morgan fingerprint density at radius 2 is 1.74 bits per heavy atom. The largest absolute Gasteiger partial charge is 0.481 e. The van der Waals surface area contributed by atoms with Gasteiger partial charge in [-0.2, -0.15) is 0 Å². The minimum atomic E-state index is -0.945. The Labute approximate surface area is 113 Å². The summed E-state index contributed by atoms with van der Waals surface area (Å²) in [6.07, 6.45) is 1.28. The maximum atomic E-state index is 12.1. The molecule has 19 heavy (non-hydrogen) atoms. The topological polar surface area (TPSA) is 95.5 Å². The molecule has 0 radical (unpaired) electrons. The van der Waals surface area contributed by atoms with E-state index in [-0.39, 0.29) is 24.2 Å². The third-order valence-corrected chi connectivity index (χ3v) is 2.71. The summed E-state index contributed by atoms with van der Waals surface area (Å²) in [6.45, 7) is 6.93. The van der Waals surface area contributed by atoms with E-state index in [0.29, 0.717) is 6.42 Å². The van der Waals surface area contributed by atoms with Crippen molar-refractivity contribution in [1.29, 1.82) is 0 Å². The number of carboxylic acid groups (broad SMARTS) is 1. The zero-order valence-electron chi connectivity index (χ0n) is 12.0. The molecule has 3 N–H and O–H groups in total. The first-order chi connectivity index (χ1) is 8.77. The number of carbonyl (C=O) groups excluding carboxylic acids is 2. The van der Waals surface area contributed by atoms with Crippen LogP contribution in [0.5, 0.6) is 0 Å². The summed E-state index contributed by atoms with van der Waals surface area (Å²) in [6, 6.07) is -1.03. The van der Waals surface area contributed by atoms with Gasteiger partial charge in [0.2, 0.25) is 11.8 Å². The number of hydrogen-bond donors (Lipinski definition) is 3. The normalized spacial score (nSPS) is 13.7. The van der Waals surface area contributed by atoms with E-state index in [9.17, 15) is 14.4 Å². The van der Waals surface area contributed by atoms with Crippen LogP contribution in [-0.4, -0.2) is 35.0 Å². The van der Waals surface area contributed by atoms with E-state index in [2.05, 4.69) is 10.6 Å². The van der Waals surface area contributed by atoms with Gasteiger partial charge in [-0.1, -0.05) is 27.2 Å². The Morgan fingerprint density at radius 3 is 2.11 bits per heavy atom. The molecule has 0 heterocycles. The number of carbonyl (C=O) groups is 3. The third kappa shape index (κ3) is 7.43. The fraction of sp³-hybridized carbons (Fsp3) is 0.769. The molecule has 2 unspecified atom stereocenters. The second-order valence-electron chi connectivity index (χ2n) is 5.01. The number of amides is 2. The van der Waals surface area contributed by atoms with Crippen LogP contribution in [0, 0.1) is 5.92 Å². The van der Waals surface area contributed by atoms with Crippen LogP contribution in [0.15, 0.2) is 0 Å². The van der Waals surface area contributed by atoms with Crippen molar-refractivity contribution in [2.75, 3.05) is 0 Å². The second-order valence-corrected chi connectivity index (χ2v) is 5.01. The van der Waals surface area contributed by atoms with Gasteiger partial charge >= 0.3 is 5.97 Å². The first kappa shape index (κ1) is 17.4. The van der Waals surface area contributed by atoms with E-state index < -0.39 is 18.1 Å². The zero-order valence-corrected chi connectivity index (χ0v) is 12.0. The molecule has 0 bridgehead atoms. The highest BCUT2D eigenvalue weighted by molar-refractivity contribution is 5.87. The highest BCUT2D eigenvalue weighted by Gasteiger charge is 2.25. The second kappa shape index (κ2) is 8.50. The van der Waals surface area contributed by atoms with E-state index in [0.717, 1.165) is 6.42 Å². The molecule has 0 saturated carbocycles. The molecule has 110 valence electrons. The number of rotatable bonds is 8. The van der Waals surface area contributed by atoms with Crippen LogP contribution in [-0.2, 0) is 14.4 Å². The van der Waals surface area contributed by atoms with Gasteiger partial charge in [0.05, 0.1) is 6.42 Å². The molecule has 0 aromatic heterocycles. The molecule has 0 aromatic carbocycles. The van der Waals surface area contributed by atoms with Crippen molar-refractivity contribution < 1.29 is 19.5 Å². The summed E-state index contributed by atoms with van der Waals surface area (Å²) in [5.74, 6) is -1.61. The summed E-state index contributed by atoms with van der Waals surface area (Å²) in [5, 5.41) is 14.1. The van der Waals surface area contributed by atoms with Crippen LogP contribution < -0.4 is 10.6 Å². The maximum Gasteiger partial charge on any atom is 0.305 e. The quantitative estimate of drug-likeness (QED) is 0.612. The molecule has 0 fully saturated rings. The van der Waals surface area contributed by atoms with Crippen molar-refractivity contribution in [3.8, 4) is 0 Å². The number of hydrogen-bond acceptors (Lipinski definition) is 3. The van der Waals surface area contributed by atoms with Crippen molar-refractivity contribution in [3.63, 3.8) is 0 Å². The van der Waals surface area contributed by atoms with Crippen molar-refractivity contribution in [2.45, 2.75) is 59.0 Å². The van der Waals surface area contributed by atoms with Gasteiger partial charge in [-0.25, -0.2) is 0 Å². The molecule has 0 aliphatic carbocycles. The molecular formula is C13H24N2O4. The highest BCUT2D eigenvalue weighted by atomic mass is 16.4. The average molecular weight is 272 g/mol. The Balaban J connectivity index is 4.64. The zero-order chi connectivity index (χ0) is 15.0. The van der Waals surface area contributed by atoms with Gasteiger partial charge in [0.15, 0.2) is 0 Å². The maximum absolute atomic E-state index is 12.1. The molecule has 0 aliphatic heterocycles. The standard InChI is InChI=1S/C13H24N2O4/c1-5-6-10(7-11(17)18)15-13(19)12(8(2)3)14-9(4)16/h8,10,12H,5-7H2,1-4H3,(H,14,16)(H,15,19)(H,17,18). The average Bonchev–Trinajstić information content (AvgIpc) is 2.24. The highest BCUT2D eigenvalue weighted by Crippen LogP contribution is 2.06. The van der Waals surface area contributed by atoms with Gasteiger partial charge in [0, 0.05) is 13.0 Å². The molecule has 0 spiro atoms. The monoisotopic (exact) mass is 272 g/mol. The van der Waals surface area contributed by atoms with Crippen molar-refractivity contribution in [2.24, 2.45) is 5.92 Å². The van der Waals surface area contributed by atoms with Gasteiger partial charge in [0.25, 0.3) is 0 Å². The minimum absolute atomic E-state index is 0.0593. The SMILES string of the molecule is CCCC(CC(=O)O)NC(=O)C(NC(C)=O)C(C)C. The Kier molecular flexibility index (Phi) is 7.79. The third-order valence-electron chi connectivity index (χ3n) is 2.71. The van der Waals surface area contributed by atoms with Crippen LogP contribution in [0.2, 0.25) is 0 Å².